The van der Waals surface area contributed by atoms with Gasteiger partial charge in [-0.3, -0.25) is 0 Å². The average Bonchev–Trinajstić information content (AvgIpc) is 3.96. The number of fused-ring (bicyclic) bond motifs is 6. The topological polar surface area (TPSA) is 16.4 Å². The van der Waals surface area contributed by atoms with Crippen molar-refractivity contribution in [1.82, 2.24) is 0 Å². The fraction of sp³-hybridized carbons (Fsp3) is 0.0149. The first-order chi connectivity index (χ1) is 34.2. The molecule has 2 heteroatoms. The molecule has 0 radical (unpaired) electrons. The van der Waals surface area contributed by atoms with Gasteiger partial charge in [0.15, 0.2) is 0 Å². The summed E-state index contributed by atoms with van der Waals surface area (Å²) in [5, 5.41) is 2.26. The molecule has 0 fully saturated rings. The maximum absolute atomic E-state index is 6.34. The van der Waals surface area contributed by atoms with Gasteiger partial charge < -0.3 is 9.32 Å². The highest BCUT2D eigenvalue weighted by molar-refractivity contribution is 6.06. The molecule has 0 atom stereocenters. The molecule has 1 heterocycles. The van der Waals surface area contributed by atoms with Crippen molar-refractivity contribution in [1.29, 1.82) is 0 Å². The van der Waals surface area contributed by atoms with Crippen molar-refractivity contribution in [3.05, 3.63) is 295 Å². The second kappa shape index (κ2) is 16.7. The smallest absolute Gasteiger partial charge is 0.136 e. The summed E-state index contributed by atoms with van der Waals surface area (Å²) in [4.78, 5) is 2.45. The molecule has 0 saturated carbocycles. The Bertz CT molecular complexity index is 3700. The first kappa shape index (κ1) is 40.3. The number of benzene rings is 11. The third kappa shape index (κ3) is 6.80. The second-order valence-corrected chi connectivity index (χ2v) is 18.0. The van der Waals surface area contributed by atoms with E-state index in [4.69, 9.17) is 4.42 Å². The van der Waals surface area contributed by atoms with Crippen LogP contribution in [0.3, 0.4) is 0 Å². The summed E-state index contributed by atoms with van der Waals surface area (Å²) in [6.45, 7) is 0. The predicted molar refractivity (Wildman–Crippen MR) is 287 cm³/mol. The Hall–Kier alpha value is -8.98. The summed E-state index contributed by atoms with van der Waals surface area (Å²) < 4.78 is 6.34. The van der Waals surface area contributed by atoms with E-state index in [-0.39, 0.29) is 0 Å². The monoisotopic (exact) mass is 879 g/mol. The number of para-hydroxylation sites is 1. The summed E-state index contributed by atoms with van der Waals surface area (Å²) in [6.07, 6.45) is 0. The van der Waals surface area contributed by atoms with Gasteiger partial charge in [-0.2, -0.15) is 0 Å². The van der Waals surface area contributed by atoms with Crippen molar-refractivity contribution in [2.45, 2.75) is 5.41 Å². The zero-order valence-electron chi connectivity index (χ0n) is 37.8. The van der Waals surface area contributed by atoms with Crippen LogP contribution < -0.4 is 4.90 Å². The Morgan fingerprint density at radius 2 is 0.739 bits per heavy atom. The highest BCUT2D eigenvalue weighted by atomic mass is 16.3. The average molecular weight is 880 g/mol. The molecule has 1 aliphatic carbocycles. The first-order valence-electron chi connectivity index (χ1n) is 23.7. The van der Waals surface area contributed by atoms with Gasteiger partial charge in [-0.05, 0) is 139 Å². The molecule has 2 nitrogen and oxygen atoms in total. The summed E-state index contributed by atoms with van der Waals surface area (Å²) >= 11 is 0. The van der Waals surface area contributed by atoms with Crippen LogP contribution in [0.15, 0.2) is 277 Å². The van der Waals surface area contributed by atoms with E-state index in [9.17, 15) is 0 Å². The molecule has 324 valence electrons. The van der Waals surface area contributed by atoms with Gasteiger partial charge >= 0.3 is 0 Å². The Morgan fingerprint density at radius 1 is 0.290 bits per heavy atom. The van der Waals surface area contributed by atoms with Crippen LogP contribution in [0, 0.1) is 0 Å². The Balaban J connectivity index is 0.987. The molecule has 13 rings (SSSR count). The fourth-order valence-corrected chi connectivity index (χ4v) is 11.0. The van der Waals surface area contributed by atoms with Crippen molar-refractivity contribution < 1.29 is 4.42 Å². The SMILES string of the molecule is c1ccc(-c2cc(-c3ccccc3)cc(-c3ccc(N(c4ccc(-c5ccc6c(c5)oc5ccccc56)cc4)c4cccc5c4-c4ccccc4C5(c4ccccc4)c4ccccc4)cc3)c2)cc1. The van der Waals surface area contributed by atoms with Crippen molar-refractivity contribution in [3.63, 3.8) is 0 Å². The van der Waals surface area contributed by atoms with E-state index in [2.05, 4.69) is 266 Å². The van der Waals surface area contributed by atoms with Gasteiger partial charge in [0.1, 0.15) is 11.2 Å². The predicted octanol–water partition coefficient (Wildman–Crippen LogP) is 18.1. The van der Waals surface area contributed by atoms with Gasteiger partial charge in [-0.25, -0.2) is 0 Å². The maximum Gasteiger partial charge on any atom is 0.136 e. The highest BCUT2D eigenvalue weighted by Gasteiger charge is 2.47. The van der Waals surface area contributed by atoms with Gasteiger partial charge in [0.05, 0.1) is 11.1 Å². The minimum absolute atomic E-state index is 0.528. The van der Waals surface area contributed by atoms with Crippen LogP contribution >= 0.6 is 0 Å². The molecule has 1 aromatic heterocycles. The molecule has 0 amide bonds. The molecular weight excluding hydrogens is 835 g/mol. The molecule has 11 aromatic carbocycles. The molecule has 0 aliphatic heterocycles. The van der Waals surface area contributed by atoms with Crippen LogP contribution in [0.2, 0.25) is 0 Å². The van der Waals surface area contributed by atoms with Crippen molar-refractivity contribution in [2.24, 2.45) is 0 Å². The van der Waals surface area contributed by atoms with Crippen molar-refractivity contribution in [3.8, 4) is 55.6 Å². The van der Waals surface area contributed by atoms with Crippen LogP contribution in [-0.4, -0.2) is 0 Å². The molecule has 0 unspecified atom stereocenters. The Labute approximate surface area is 402 Å². The van der Waals surface area contributed by atoms with E-state index in [1.165, 1.54) is 61.2 Å². The van der Waals surface area contributed by atoms with E-state index >= 15 is 0 Å². The lowest BCUT2D eigenvalue weighted by Crippen LogP contribution is -2.28. The van der Waals surface area contributed by atoms with Gasteiger partial charge in [0, 0.05) is 27.7 Å². The van der Waals surface area contributed by atoms with E-state index < -0.39 is 5.41 Å². The fourth-order valence-electron chi connectivity index (χ4n) is 11.0. The minimum Gasteiger partial charge on any atom is -0.456 e. The third-order valence-electron chi connectivity index (χ3n) is 14.1. The lowest BCUT2D eigenvalue weighted by Gasteiger charge is -2.34. The number of furan rings is 1. The number of rotatable bonds is 9. The van der Waals surface area contributed by atoms with Crippen LogP contribution in [-0.2, 0) is 5.41 Å². The normalized spacial score (nSPS) is 12.5. The quantitative estimate of drug-likeness (QED) is 0.144. The van der Waals surface area contributed by atoms with Gasteiger partial charge in [-0.1, -0.05) is 206 Å². The lowest BCUT2D eigenvalue weighted by atomic mass is 9.68. The zero-order chi connectivity index (χ0) is 45.7. The summed E-state index contributed by atoms with van der Waals surface area (Å²) in [7, 11) is 0. The lowest BCUT2D eigenvalue weighted by molar-refractivity contribution is 0.669. The maximum atomic E-state index is 6.34. The first-order valence-corrected chi connectivity index (χ1v) is 23.7. The van der Waals surface area contributed by atoms with E-state index in [1.807, 2.05) is 12.1 Å². The second-order valence-electron chi connectivity index (χ2n) is 18.0. The molecule has 0 spiro atoms. The Kier molecular flexibility index (Phi) is 9.77. The number of nitrogens with zero attached hydrogens (tertiary/aromatic N) is 1. The molecule has 0 saturated heterocycles. The molecule has 12 aromatic rings. The largest absolute Gasteiger partial charge is 0.456 e. The number of anilines is 3. The van der Waals surface area contributed by atoms with Gasteiger partial charge in [0.2, 0.25) is 0 Å². The number of hydrogen-bond acceptors (Lipinski definition) is 2. The molecule has 69 heavy (non-hydrogen) atoms. The third-order valence-corrected chi connectivity index (χ3v) is 14.1. The van der Waals surface area contributed by atoms with E-state index in [0.29, 0.717) is 0 Å². The van der Waals surface area contributed by atoms with Crippen LogP contribution in [0.1, 0.15) is 22.3 Å². The van der Waals surface area contributed by atoms with Crippen molar-refractivity contribution >= 4 is 39.0 Å². The Morgan fingerprint density at radius 3 is 1.33 bits per heavy atom. The van der Waals surface area contributed by atoms with Crippen LogP contribution in [0.5, 0.6) is 0 Å². The molecule has 0 bridgehead atoms. The van der Waals surface area contributed by atoms with Crippen LogP contribution in [0.4, 0.5) is 17.1 Å². The summed E-state index contributed by atoms with van der Waals surface area (Å²) in [5.74, 6) is 0. The van der Waals surface area contributed by atoms with Crippen LogP contribution in [0.25, 0.3) is 77.6 Å². The zero-order valence-corrected chi connectivity index (χ0v) is 37.8. The standard InChI is InChI=1S/C67H45NO/c1-5-18-46(19-6-1)51-42-52(47-20-7-2-8-21-47)44-53(43-51)49-34-39-57(40-35-49)68(56-37-32-48(33-38-56)50-36-41-59-58-26-14-16-31-64(58)69-65(59)45-50)63-30-17-29-62-66(63)60-27-13-15-28-61(60)67(62,54-22-9-3-10-23-54)55-24-11-4-12-25-55/h1-45H. The molecule has 1 aliphatic rings. The summed E-state index contributed by atoms with van der Waals surface area (Å²) in [6, 6.07) is 99.3. The molecular formula is C67H45NO. The van der Waals surface area contributed by atoms with E-state index in [1.54, 1.807) is 0 Å². The minimum atomic E-state index is -0.528. The highest BCUT2D eigenvalue weighted by Crippen LogP contribution is 2.59. The summed E-state index contributed by atoms with van der Waals surface area (Å²) in [5.41, 5.74) is 21.4. The van der Waals surface area contributed by atoms with E-state index in [0.717, 1.165) is 55.7 Å². The van der Waals surface area contributed by atoms with Gasteiger partial charge in [-0.15, -0.1) is 0 Å². The molecule has 0 N–H and O–H groups in total. The van der Waals surface area contributed by atoms with Crippen molar-refractivity contribution in [2.75, 3.05) is 4.90 Å². The van der Waals surface area contributed by atoms with Gasteiger partial charge in [0.25, 0.3) is 0 Å². The number of hydrogen-bond donors (Lipinski definition) is 0.